The van der Waals surface area contributed by atoms with Crippen LogP contribution < -0.4 is 5.73 Å². The van der Waals surface area contributed by atoms with Crippen LogP contribution in [-0.4, -0.2) is 11.9 Å². The van der Waals surface area contributed by atoms with Crippen LogP contribution in [0, 0.1) is 5.41 Å². The lowest BCUT2D eigenvalue weighted by molar-refractivity contribution is 0.573. The van der Waals surface area contributed by atoms with Gasteiger partial charge < -0.3 is 5.73 Å². The largest absolute Gasteiger partial charge is 0.387 e. The van der Waals surface area contributed by atoms with Crippen molar-refractivity contribution in [2.75, 3.05) is 0 Å². The first-order chi connectivity index (χ1) is 7.39. The fraction of sp³-hybridized carbons (Fsp3) is 0.500. The highest BCUT2D eigenvalue weighted by Crippen LogP contribution is 2.14. The fourth-order valence-electron chi connectivity index (χ4n) is 1.43. The van der Waals surface area contributed by atoms with Crippen molar-refractivity contribution in [3.63, 3.8) is 0 Å². The molecule has 1 atom stereocenters. The van der Waals surface area contributed by atoms with Crippen LogP contribution in [0.3, 0.4) is 0 Å². The Kier molecular flexibility index (Phi) is 4.11. The van der Waals surface area contributed by atoms with Gasteiger partial charge in [-0.25, -0.2) is 0 Å². The Hall–Kier alpha value is -1.31. The Balaban J connectivity index is 2.64. The van der Waals surface area contributed by atoms with E-state index in [2.05, 4.69) is 57.0 Å². The van der Waals surface area contributed by atoms with Crippen LogP contribution in [0.2, 0.25) is 0 Å². The molecule has 0 fully saturated rings. The lowest BCUT2D eigenvalue weighted by Gasteiger charge is -2.19. The minimum absolute atomic E-state index is 0.0368. The molecule has 16 heavy (non-hydrogen) atoms. The smallest absolute Gasteiger partial charge is 0.0994 e. The fourth-order valence-corrected chi connectivity index (χ4v) is 1.43. The molecular formula is C14H22N2. The van der Waals surface area contributed by atoms with Gasteiger partial charge in [-0.2, -0.15) is 0 Å². The van der Waals surface area contributed by atoms with Crippen molar-refractivity contribution in [3.8, 4) is 0 Å². The molecule has 1 unspecified atom stereocenters. The summed E-state index contributed by atoms with van der Waals surface area (Å²) in [5, 5.41) is 0. The van der Waals surface area contributed by atoms with E-state index in [9.17, 15) is 0 Å². The van der Waals surface area contributed by atoms with Crippen molar-refractivity contribution in [2.45, 2.75) is 40.2 Å². The molecule has 1 aromatic carbocycles. The molecule has 0 radical (unpaired) electrons. The minimum Gasteiger partial charge on any atom is -0.387 e. The third-order valence-corrected chi connectivity index (χ3v) is 2.50. The molecule has 0 aromatic heterocycles. The molecule has 0 aliphatic heterocycles. The van der Waals surface area contributed by atoms with Crippen molar-refractivity contribution in [2.24, 2.45) is 16.1 Å². The first kappa shape index (κ1) is 12.8. The topological polar surface area (TPSA) is 38.4 Å². The van der Waals surface area contributed by atoms with Crippen LogP contribution in [0.4, 0.5) is 0 Å². The van der Waals surface area contributed by atoms with Crippen LogP contribution in [0.1, 0.15) is 33.3 Å². The molecule has 1 aromatic rings. The predicted molar refractivity (Wildman–Crippen MR) is 70.7 cm³/mol. The maximum absolute atomic E-state index is 5.96. The van der Waals surface area contributed by atoms with Crippen LogP contribution in [0.25, 0.3) is 0 Å². The number of benzene rings is 1. The van der Waals surface area contributed by atoms with Crippen molar-refractivity contribution in [3.05, 3.63) is 35.9 Å². The summed E-state index contributed by atoms with van der Waals surface area (Å²) in [5.41, 5.74) is 7.22. The monoisotopic (exact) mass is 218 g/mol. The summed E-state index contributed by atoms with van der Waals surface area (Å²) in [6, 6.07) is 10.6. The summed E-state index contributed by atoms with van der Waals surface area (Å²) >= 11 is 0. The van der Waals surface area contributed by atoms with Gasteiger partial charge in [0.05, 0.1) is 11.9 Å². The molecule has 0 aliphatic carbocycles. The van der Waals surface area contributed by atoms with Gasteiger partial charge in [0.25, 0.3) is 0 Å². The maximum atomic E-state index is 5.96. The maximum Gasteiger partial charge on any atom is 0.0994 e. The summed E-state index contributed by atoms with van der Waals surface area (Å²) in [5.74, 6) is 0.732. The highest BCUT2D eigenvalue weighted by molar-refractivity contribution is 5.85. The van der Waals surface area contributed by atoms with Gasteiger partial charge in [0, 0.05) is 5.41 Å². The lowest BCUT2D eigenvalue weighted by atomic mass is 9.95. The molecule has 0 saturated heterocycles. The van der Waals surface area contributed by atoms with E-state index in [4.69, 9.17) is 5.73 Å². The van der Waals surface area contributed by atoms with E-state index < -0.39 is 0 Å². The average molecular weight is 218 g/mol. The van der Waals surface area contributed by atoms with Crippen LogP contribution >= 0.6 is 0 Å². The van der Waals surface area contributed by atoms with Gasteiger partial charge in [-0.05, 0) is 18.9 Å². The van der Waals surface area contributed by atoms with Gasteiger partial charge in [0.2, 0.25) is 0 Å². The van der Waals surface area contributed by atoms with Gasteiger partial charge >= 0.3 is 0 Å². The summed E-state index contributed by atoms with van der Waals surface area (Å²) in [6.07, 6.45) is 0.942. The zero-order valence-corrected chi connectivity index (χ0v) is 10.7. The summed E-state index contributed by atoms with van der Waals surface area (Å²) in [6.45, 7) is 8.36. The quantitative estimate of drug-likeness (QED) is 0.614. The minimum atomic E-state index is -0.0368. The van der Waals surface area contributed by atoms with Gasteiger partial charge in [0.1, 0.15) is 0 Å². The van der Waals surface area contributed by atoms with Gasteiger partial charge in [-0.1, -0.05) is 51.1 Å². The third kappa shape index (κ3) is 4.05. The van der Waals surface area contributed by atoms with Crippen LogP contribution in [0.5, 0.6) is 0 Å². The Bertz CT molecular complexity index is 347. The number of rotatable bonds is 3. The number of amidine groups is 1. The average Bonchev–Trinajstić information content (AvgIpc) is 2.17. The van der Waals surface area contributed by atoms with Crippen LogP contribution in [0.15, 0.2) is 35.3 Å². The molecule has 88 valence electrons. The SMILES string of the molecule is CC(Cc1ccccc1)N=C(N)C(C)(C)C. The molecule has 0 saturated carbocycles. The molecule has 2 nitrogen and oxygen atoms in total. The van der Waals surface area contributed by atoms with Gasteiger partial charge in [0.15, 0.2) is 0 Å². The molecule has 0 spiro atoms. The summed E-state index contributed by atoms with van der Waals surface area (Å²) in [4.78, 5) is 4.54. The second-order valence-electron chi connectivity index (χ2n) is 5.30. The normalized spacial score (nSPS) is 14.9. The molecule has 2 heteroatoms. The zero-order valence-electron chi connectivity index (χ0n) is 10.7. The van der Waals surface area contributed by atoms with Crippen molar-refractivity contribution >= 4 is 5.84 Å². The second kappa shape index (κ2) is 5.15. The second-order valence-corrected chi connectivity index (χ2v) is 5.30. The van der Waals surface area contributed by atoms with Crippen LogP contribution in [-0.2, 0) is 6.42 Å². The Labute approximate surface area is 98.6 Å². The number of nitrogens with zero attached hydrogens (tertiary/aromatic N) is 1. The molecule has 0 aliphatic rings. The van der Waals surface area contributed by atoms with Crippen molar-refractivity contribution in [1.82, 2.24) is 0 Å². The standard InChI is InChI=1S/C14H22N2/c1-11(16-13(15)14(2,3)4)10-12-8-6-5-7-9-12/h5-9,11H,10H2,1-4H3,(H2,15,16). The Morgan fingerprint density at radius 3 is 2.31 bits per heavy atom. The Morgan fingerprint density at radius 1 is 1.25 bits per heavy atom. The Morgan fingerprint density at radius 2 is 1.81 bits per heavy atom. The molecule has 0 heterocycles. The molecule has 2 N–H and O–H groups in total. The number of hydrogen-bond acceptors (Lipinski definition) is 1. The van der Waals surface area contributed by atoms with Crippen molar-refractivity contribution < 1.29 is 0 Å². The zero-order chi connectivity index (χ0) is 12.2. The van der Waals surface area contributed by atoms with Gasteiger partial charge in [-0.15, -0.1) is 0 Å². The molecule has 0 amide bonds. The van der Waals surface area contributed by atoms with E-state index in [1.807, 2.05) is 6.07 Å². The highest BCUT2D eigenvalue weighted by Gasteiger charge is 2.16. The molecule has 1 rings (SSSR count). The van der Waals surface area contributed by atoms with E-state index in [-0.39, 0.29) is 11.5 Å². The molecule has 0 bridgehead atoms. The highest BCUT2D eigenvalue weighted by atomic mass is 14.9. The van der Waals surface area contributed by atoms with Crippen molar-refractivity contribution in [1.29, 1.82) is 0 Å². The first-order valence-corrected chi connectivity index (χ1v) is 5.77. The molecular weight excluding hydrogens is 196 g/mol. The summed E-state index contributed by atoms with van der Waals surface area (Å²) < 4.78 is 0. The van der Waals surface area contributed by atoms with E-state index in [0.29, 0.717) is 0 Å². The van der Waals surface area contributed by atoms with E-state index in [1.54, 1.807) is 0 Å². The number of nitrogens with two attached hydrogens (primary N) is 1. The van der Waals surface area contributed by atoms with E-state index in [0.717, 1.165) is 12.3 Å². The van der Waals surface area contributed by atoms with E-state index >= 15 is 0 Å². The number of hydrogen-bond donors (Lipinski definition) is 1. The summed E-state index contributed by atoms with van der Waals surface area (Å²) in [7, 11) is 0. The predicted octanol–water partition coefficient (Wildman–Crippen LogP) is 3.02. The number of aliphatic imine (C=N–C) groups is 1. The van der Waals surface area contributed by atoms with Gasteiger partial charge in [-0.3, -0.25) is 4.99 Å². The van der Waals surface area contributed by atoms with E-state index in [1.165, 1.54) is 5.56 Å². The third-order valence-electron chi connectivity index (χ3n) is 2.50. The first-order valence-electron chi connectivity index (χ1n) is 5.77. The lowest BCUT2D eigenvalue weighted by Crippen LogP contribution is -2.30.